The van der Waals surface area contributed by atoms with Crippen LogP contribution in [-0.4, -0.2) is 22.2 Å². The van der Waals surface area contributed by atoms with Crippen LogP contribution in [0.4, 0.5) is 5.69 Å². The van der Waals surface area contributed by atoms with Crippen molar-refractivity contribution in [2.75, 3.05) is 5.43 Å². The summed E-state index contributed by atoms with van der Waals surface area (Å²) in [6, 6.07) is 26.7. The lowest BCUT2D eigenvalue weighted by atomic mass is 9.85. The molecular formula is C26H20N2O4. The van der Waals surface area contributed by atoms with Gasteiger partial charge in [-0.25, -0.2) is 9.59 Å². The van der Waals surface area contributed by atoms with Gasteiger partial charge < -0.3 is 15.6 Å². The molecule has 0 saturated heterocycles. The molecule has 0 fully saturated rings. The molecule has 158 valence electrons. The van der Waals surface area contributed by atoms with Crippen LogP contribution in [-0.2, 0) is 0 Å². The van der Waals surface area contributed by atoms with Crippen molar-refractivity contribution in [1.29, 1.82) is 0 Å². The lowest BCUT2D eigenvalue weighted by molar-refractivity contribution is 0.0686. The highest BCUT2D eigenvalue weighted by molar-refractivity contribution is 6.02. The topological polar surface area (TPSA) is 113 Å². The number of anilines is 1. The SMILES string of the molecule is NNc1ccc(-c2ccccc2)c(-c2cccc(C(=O)O)c2)c1-c1cccc(C(=O)O)c1. The normalized spacial score (nSPS) is 10.5. The molecule has 0 spiro atoms. The minimum atomic E-state index is -1.04. The highest BCUT2D eigenvalue weighted by atomic mass is 16.4. The first-order valence-electron chi connectivity index (χ1n) is 9.86. The van der Waals surface area contributed by atoms with Gasteiger partial charge in [-0.1, -0.05) is 60.7 Å². The van der Waals surface area contributed by atoms with Crippen LogP contribution in [0.15, 0.2) is 91.0 Å². The molecule has 0 unspecified atom stereocenters. The van der Waals surface area contributed by atoms with Crippen LogP contribution in [0.2, 0.25) is 0 Å². The molecule has 4 aromatic carbocycles. The summed E-state index contributed by atoms with van der Waals surface area (Å²) in [5.41, 5.74) is 8.13. The summed E-state index contributed by atoms with van der Waals surface area (Å²) in [6.45, 7) is 0. The molecule has 6 heteroatoms. The number of benzene rings is 4. The summed E-state index contributed by atoms with van der Waals surface area (Å²) in [4.78, 5) is 23.2. The molecule has 0 aliphatic carbocycles. The van der Waals surface area contributed by atoms with E-state index in [9.17, 15) is 19.8 Å². The molecule has 0 aliphatic rings. The zero-order valence-electron chi connectivity index (χ0n) is 16.9. The number of hydrogen-bond donors (Lipinski definition) is 4. The summed E-state index contributed by atoms with van der Waals surface area (Å²) >= 11 is 0. The number of carboxylic acid groups (broad SMARTS) is 2. The molecule has 0 amide bonds. The number of nitrogens with two attached hydrogens (primary N) is 1. The Hall–Kier alpha value is -4.42. The second-order valence-corrected chi connectivity index (χ2v) is 7.19. The van der Waals surface area contributed by atoms with E-state index >= 15 is 0 Å². The van der Waals surface area contributed by atoms with Crippen molar-refractivity contribution >= 4 is 17.6 Å². The lowest BCUT2D eigenvalue weighted by Gasteiger charge is -2.20. The maximum atomic E-state index is 11.6. The molecule has 0 heterocycles. The Morgan fingerprint density at radius 2 is 1.16 bits per heavy atom. The second kappa shape index (κ2) is 8.75. The number of carbonyl (C=O) groups is 2. The fraction of sp³-hybridized carbons (Fsp3) is 0. The number of hydrazine groups is 1. The van der Waals surface area contributed by atoms with Crippen molar-refractivity contribution in [2.45, 2.75) is 0 Å². The fourth-order valence-corrected chi connectivity index (χ4v) is 3.80. The Balaban J connectivity index is 2.11. The van der Waals surface area contributed by atoms with E-state index in [-0.39, 0.29) is 11.1 Å². The molecule has 4 rings (SSSR count). The Bertz CT molecular complexity index is 1320. The van der Waals surface area contributed by atoms with Crippen molar-refractivity contribution in [1.82, 2.24) is 0 Å². The van der Waals surface area contributed by atoms with Gasteiger partial charge >= 0.3 is 11.9 Å². The van der Waals surface area contributed by atoms with Crippen LogP contribution in [0.25, 0.3) is 33.4 Å². The average Bonchev–Trinajstić information content (AvgIpc) is 2.83. The van der Waals surface area contributed by atoms with Gasteiger partial charge in [0, 0.05) is 5.56 Å². The summed E-state index contributed by atoms with van der Waals surface area (Å²) in [5.74, 6) is 3.77. The highest BCUT2D eigenvalue weighted by Crippen LogP contribution is 2.44. The van der Waals surface area contributed by atoms with E-state index in [0.717, 1.165) is 16.7 Å². The zero-order valence-corrected chi connectivity index (χ0v) is 16.9. The quantitative estimate of drug-likeness (QED) is 0.244. The minimum absolute atomic E-state index is 0.140. The number of nitrogen functional groups attached to an aromatic ring is 1. The van der Waals surface area contributed by atoms with Gasteiger partial charge in [0.1, 0.15) is 0 Å². The minimum Gasteiger partial charge on any atom is -0.478 e. The second-order valence-electron chi connectivity index (χ2n) is 7.19. The largest absolute Gasteiger partial charge is 0.478 e. The van der Waals surface area contributed by atoms with E-state index < -0.39 is 11.9 Å². The fourth-order valence-electron chi connectivity index (χ4n) is 3.80. The number of rotatable bonds is 6. The smallest absolute Gasteiger partial charge is 0.335 e. The Morgan fingerprint density at radius 1 is 0.625 bits per heavy atom. The third kappa shape index (κ3) is 3.95. The molecule has 4 aromatic rings. The first kappa shape index (κ1) is 20.8. The number of aromatic carboxylic acids is 2. The number of nitrogens with one attached hydrogen (secondary N) is 1. The maximum Gasteiger partial charge on any atom is 0.335 e. The Labute approximate surface area is 184 Å². The van der Waals surface area contributed by atoms with Gasteiger partial charge in [0.25, 0.3) is 0 Å². The lowest BCUT2D eigenvalue weighted by Crippen LogP contribution is -2.09. The molecule has 0 radical (unpaired) electrons. The number of carboxylic acids is 2. The van der Waals surface area contributed by atoms with Crippen molar-refractivity contribution in [3.8, 4) is 33.4 Å². The van der Waals surface area contributed by atoms with E-state index in [2.05, 4.69) is 5.43 Å². The van der Waals surface area contributed by atoms with Gasteiger partial charge in [-0.15, -0.1) is 0 Å². The van der Waals surface area contributed by atoms with Crippen molar-refractivity contribution in [2.24, 2.45) is 5.84 Å². The monoisotopic (exact) mass is 424 g/mol. The van der Waals surface area contributed by atoms with Gasteiger partial charge in [-0.05, 0) is 58.1 Å². The van der Waals surface area contributed by atoms with E-state index in [0.29, 0.717) is 22.4 Å². The molecule has 0 aliphatic heterocycles. The summed E-state index contributed by atoms with van der Waals surface area (Å²) in [5, 5.41) is 19.0. The third-order valence-corrected chi connectivity index (χ3v) is 5.24. The first-order chi connectivity index (χ1) is 15.5. The number of hydrogen-bond acceptors (Lipinski definition) is 4. The molecule has 32 heavy (non-hydrogen) atoms. The van der Waals surface area contributed by atoms with E-state index in [1.165, 1.54) is 12.1 Å². The Morgan fingerprint density at radius 3 is 1.69 bits per heavy atom. The van der Waals surface area contributed by atoms with Gasteiger partial charge in [-0.3, -0.25) is 5.84 Å². The van der Waals surface area contributed by atoms with Gasteiger partial charge in [0.05, 0.1) is 16.8 Å². The van der Waals surface area contributed by atoms with Crippen LogP contribution in [0, 0.1) is 0 Å². The summed E-state index contributed by atoms with van der Waals surface area (Å²) < 4.78 is 0. The first-order valence-corrected chi connectivity index (χ1v) is 9.86. The summed E-state index contributed by atoms with van der Waals surface area (Å²) in [6.07, 6.45) is 0. The average molecular weight is 424 g/mol. The molecule has 0 saturated carbocycles. The summed E-state index contributed by atoms with van der Waals surface area (Å²) in [7, 11) is 0. The van der Waals surface area contributed by atoms with Gasteiger partial charge in [0.2, 0.25) is 0 Å². The maximum absolute atomic E-state index is 11.6. The van der Waals surface area contributed by atoms with Crippen LogP contribution >= 0.6 is 0 Å². The van der Waals surface area contributed by atoms with Crippen LogP contribution in [0.1, 0.15) is 20.7 Å². The third-order valence-electron chi connectivity index (χ3n) is 5.24. The zero-order chi connectivity index (χ0) is 22.7. The van der Waals surface area contributed by atoms with Gasteiger partial charge in [-0.2, -0.15) is 0 Å². The molecule has 0 bridgehead atoms. The molecule has 0 aromatic heterocycles. The van der Waals surface area contributed by atoms with Crippen molar-refractivity contribution in [3.63, 3.8) is 0 Å². The predicted octanol–water partition coefficient (Wildman–Crippen LogP) is 5.37. The van der Waals surface area contributed by atoms with E-state index in [4.69, 9.17) is 5.84 Å². The van der Waals surface area contributed by atoms with Crippen LogP contribution in [0.5, 0.6) is 0 Å². The highest BCUT2D eigenvalue weighted by Gasteiger charge is 2.19. The van der Waals surface area contributed by atoms with Crippen LogP contribution in [0.3, 0.4) is 0 Å². The molecular weight excluding hydrogens is 404 g/mol. The van der Waals surface area contributed by atoms with E-state index in [1.54, 1.807) is 24.3 Å². The molecule has 5 N–H and O–H groups in total. The van der Waals surface area contributed by atoms with Gasteiger partial charge in [0.15, 0.2) is 0 Å². The molecule has 0 atom stereocenters. The molecule has 6 nitrogen and oxygen atoms in total. The van der Waals surface area contributed by atoms with Crippen LogP contribution < -0.4 is 11.3 Å². The van der Waals surface area contributed by atoms with Crippen molar-refractivity contribution in [3.05, 3.63) is 102 Å². The Kier molecular flexibility index (Phi) is 5.70. The van der Waals surface area contributed by atoms with E-state index in [1.807, 2.05) is 54.6 Å². The van der Waals surface area contributed by atoms with Crippen molar-refractivity contribution < 1.29 is 19.8 Å². The predicted molar refractivity (Wildman–Crippen MR) is 124 cm³/mol. The standard InChI is InChI=1S/C26H20N2O4/c27-28-22-13-12-21(16-6-2-1-3-7-16)23(17-8-4-10-19(14-17)25(29)30)24(22)18-9-5-11-20(15-18)26(31)32/h1-15,28H,27H2,(H,29,30)(H,31,32).